The van der Waals surface area contributed by atoms with Crippen molar-refractivity contribution in [1.29, 1.82) is 0 Å². The lowest BCUT2D eigenvalue weighted by atomic mass is 10.1. The molecule has 2 rings (SSSR count). The van der Waals surface area contributed by atoms with Crippen LogP contribution in [0.3, 0.4) is 0 Å². The zero-order chi connectivity index (χ0) is 15.1. The van der Waals surface area contributed by atoms with E-state index < -0.39 is 0 Å². The van der Waals surface area contributed by atoms with Crippen LogP contribution >= 0.6 is 15.9 Å². The molecule has 0 aliphatic carbocycles. The van der Waals surface area contributed by atoms with Crippen LogP contribution < -0.4 is 10.1 Å². The molecule has 0 radical (unpaired) electrons. The van der Waals surface area contributed by atoms with Crippen LogP contribution in [0.5, 0.6) is 5.75 Å². The number of likely N-dealkylation sites (N-methyl/N-ethyl adjacent to an activating group) is 1. The highest BCUT2D eigenvalue weighted by Gasteiger charge is 2.21. The number of rotatable bonds is 6. The van der Waals surface area contributed by atoms with Gasteiger partial charge in [-0.1, -0.05) is 12.1 Å². The molecule has 1 atom stereocenters. The summed E-state index contributed by atoms with van der Waals surface area (Å²) in [7, 11) is 1.96. The molecule has 1 aromatic carbocycles. The Labute approximate surface area is 135 Å². The molecule has 116 valence electrons. The minimum Gasteiger partial charge on any atom is -0.492 e. The Morgan fingerprint density at radius 2 is 2.29 bits per heavy atom. The number of ether oxygens (including phenoxy) is 1. The van der Waals surface area contributed by atoms with E-state index in [1.54, 1.807) is 0 Å². The van der Waals surface area contributed by atoms with E-state index in [-0.39, 0.29) is 5.91 Å². The van der Waals surface area contributed by atoms with Crippen molar-refractivity contribution in [3.8, 4) is 5.75 Å². The van der Waals surface area contributed by atoms with E-state index in [9.17, 15) is 4.79 Å². The van der Waals surface area contributed by atoms with Crippen LogP contribution in [0.25, 0.3) is 0 Å². The van der Waals surface area contributed by atoms with Crippen molar-refractivity contribution in [2.45, 2.75) is 31.7 Å². The summed E-state index contributed by atoms with van der Waals surface area (Å²) in [5, 5.41) is 3.26. The summed E-state index contributed by atoms with van der Waals surface area (Å²) in [6.07, 6.45) is 3.55. The van der Waals surface area contributed by atoms with Gasteiger partial charge in [-0.3, -0.25) is 4.79 Å². The standard InChI is InChI=1S/C16H23BrN2O2/c1-18-13-6-4-10-19(12-13)16(20)9-5-11-21-15-8-3-2-7-14(15)17/h2-3,7-8,13,18H,4-6,9-12H2,1H3/t13-/m0/s1. The van der Waals surface area contributed by atoms with Gasteiger partial charge in [0.25, 0.3) is 0 Å². The van der Waals surface area contributed by atoms with Crippen LogP contribution in [-0.4, -0.2) is 43.6 Å². The molecule has 1 fully saturated rings. The van der Waals surface area contributed by atoms with Gasteiger partial charge >= 0.3 is 0 Å². The minimum absolute atomic E-state index is 0.241. The van der Waals surface area contributed by atoms with E-state index in [0.29, 0.717) is 19.1 Å². The first-order valence-corrected chi connectivity index (χ1v) is 8.32. The number of nitrogens with one attached hydrogen (secondary N) is 1. The van der Waals surface area contributed by atoms with Gasteiger partial charge in [0.2, 0.25) is 5.91 Å². The topological polar surface area (TPSA) is 41.6 Å². The van der Waals surface area contributed by atoms with Gasteiger partial charge in [0.1, 0.15) is 5.75 Å². The Morgan fingerprint density at radius 1 is 1.48 bits per heavy atom. The van der Waals surface area contributed by atoms with E-state index >= 15 is 0 Å². The van der Waals surface area contributed by atoms with E-state index in [1.807, 2.05) is 36.2 Å². The first kappa shape index (κ1) is 16.3. The molecule has 0 aromatic heterocycles. The molecule has 5 heteroatoms. The summed E-state index contributed by atoms with van der Waals surface area (Å²) in [6, 6.07) is 8.21. The van der Waals surface area contributed by atoms with Crippen molar-refractivity contribution in [2.75, 3.05) is 26.7 Å². The third kappa shape index (κ3) is 5.00. The monoisotopic (exact) mass is 354 g/mol. The van der Waals surface area contributed by atoms with Crippen molar-refractivity contribution in [1.82, 2.24) is 10.2 Å². The normalized spacial score (nSPS) is 18.6. The highest BCUT2D eigenvalue weighted by molar-refractivity contribution is 9.10. The fraction of sp³-hybridized carbons (Fsp3) is 0.562. The van der Waals surface area contributed by atoms with E-state index in [2.05, 4.69) is 21.2 Å². The molecule has 0 saturated carbocycles. The Bertz CT molecular complexity index is 467. The molecular weight excluding hydrogens is 332 g/mol. The highest BCUT2D eigenvalue weighted by atomic mass is 79.9. The number of carbonyl (C=O) groups excluding carboxylic acids is 1. The molecule has 1 saturated heterocycles. The second-order valence-corrected chi connectivity index (χ2v) is 6.20. The first-order valence-electron chi connectivity index (χ1n) is 7.53. The molecule has 0 spiro atoms. The summed E-state index contributed by atoms with van der Waals surface area (Å²) >= 11 is 3.45. The Morgan fingerprint density at radius 3 is 3.05 bits per heavy atom. The smallest absolute Gasteiger partial charge is 0.222 e. The summed E-state index contributed by atoms with van der Waals surface area (Å²) in [4.78, 5) is 14.1. The van der Waals surface area contributed by atoms with Crippen LogP contribution in [0.15, 0.2) is 28.7 Å². The zero-order valence-electron chi connectivity index (χ0n) is 12.5. The third-order valence-electron chi connectivity index (χ3n) is 3.81. The number of carbonyl (C=O) groups is 1. The van der Waals surface area contributed by atoms with Gasteiger partial charge in [0.05, 0.1) is 11.1 Å². The Hall–Kier alpha value is -1.07. The van der Waals surface area contributed by atoms with Crippen molar-refractivity contribution in [2.24, 2.45) is 0 Å². The minimum atomic E-state index is 0.241. The van der Waals surface area contributed by atoms with Crippen LogP contribution in [0.1, 0.15) is 25.7 Å². The predicted octanol–water partition coefficient (Wildman–Crippen LogP) is 2.82. The van der Waals surface area contributed by atoms with E-state index in [0.717, 1.165) is 42.6 Å². The number of benzene rings is 1. The van der Waals surface area contributed by atoms with Gasteiger partial charge in [-0.15, -0.1) is 0 Å². The average molecular weight is 355 g/mol. The number of likely N-dealkylation sites (tertiary alicyclic amines) is 1. The average Bonchev–Trinajstić information content (AvgIpc) is 2.53. The number of hydrogen-bond acceptors (Lipinski definition) is 3. The Balaban J connectivity index is 1.68. The molecule has 0 unspecified atom stereocenters. The maximum atomic E-state index is 12.2. The molecule has 1 amide bonds. The largest absolute Gasteiger partial charge is 0.492 e. The molecular formula is C16H23BrN2O2. The lowest BCUT2D eigenvalue weighted by Crippen LogP contribution is -2.46. The number of amides is 1. The SMILES string of the molecule is CN[C@H]1CCCN(C(=O)CCCOc2ccccc2Br)C1. The van der Waals surface area contributed by atoms with Crippen LogP contribution in [0, 0.1) is 0 Å². The third-order valence-corrected chi connectivity index (χ3v) is 4.47. The molecule has 1 aliphatic heterocycles. The lowest BCUT2D eigenvalue weighted by Gasteiger charge is -2.32. The Kier molecular flexibility index (Phi) is 6.51. The molecule has 1 aromatic rings. The molecule has 1 aliphatic rings. The molecule has 4 nitrogen and oxygen atoms in total. The maximum Gasteiger partial charge on any atom is 0.222 e. The van der Waals surface area contributed by atoms with Gasteiger partial charge in [-0.05, 0) is 54.4 Å². The number of nitrogens with zero attached hydrogens (tertiary/aromatic N) is 1. The fourth-order valence-electron chi connectivity index (χ4n) is 2.56. The fourth-order valence-corrected chi connectivity index (χ4v) is 2.96. The zero-order valence-corrected chi connectivity index (χ0v) is 14.1. The molecule has 0 bridgehead atoms. The second kappa shape index (κ2) is 8.39. The van der Waals surface area contributed by atoms with Crippen molar-refractivity contribution >= 4 is 21.8 Å². The van der Waals surface area contributed by atoms with Crippen molar-refractivity contribution in [3.63, 3.8) is 0 Å². The van der Waals surface area contributed by atoms with Crippen molar-refractivity contribution in [3.05, 3.63) is 28.7 Å². The predicted molar refractivity (Wildman–Crippen MR) is 87.5 cm³/mol. The second-order valence-electron chi connectivity index (χ2n) is 5.35. The molecule has 1 N–H and O–H groups in total. The lowest BCUT2D eigenvalue weighted by molar-refractivity contribution is -0.132. The van der Waals surface area contributed by atoms with Crippen molar-refractivity contribution < 1.29 is 9.53 Å². The molecule has 1 heterocycles. The van der Waals surface area contributed by atoms with Crippen LogP contribution in [-0.2, 0) is 4.79 Å². The van der Waals surface area contributed by atoms with Gasteiger partial charge in [0.15, 0.2) is 0 Å². The number of halogens is 1. The number of piperidine rings is 1. The van der Waals surface area contributed by atoms with Crippen LogP contribution in [0.2, 0.25) is 0 Å². The first-order chi connectivity index (χ1) is 10.2. The summed E-state index contributed by atoms with van der Waals surface area (Å²) in [6.45, 7) is 2.29. The van der Waals surface area contributed by atoms with E-state index in [4.69, 9.17) is 4.74 Å². The van der Waals surface area contributed by atoms with Gasteiger partial charge in [-0.25, -0.2) is 0 Å². The van der Waals surface area contributed by atoms with Gasteiger partial charge < -0.3 is 15.0 Å². The maximum absolute atomic E-state index is 12.2. The molecule has 21 heavy (non-hydrogen) atoms. The van der Waals surface area contributed by atoms with E-state index in [1.165, 1.54) is 0 Å². The quantitative estimate of drug-likeness (QED) is 0.798. The summed E-state index contributed by atoms with van der Waals surface area (Å²) < 4.78 is 6.64. The van der Waals surface area contributed by atoms with Crippen LogP contribution in [0.4, 0.5) is 0 Å². The number of para-hydroxylation sites is 1. The van der Waals surface area contributed by atoms with Gasteiger partial charge in [0, 0.05) is 25.6 Å². The highest BCUT2D eigenvalue weighted by Crippen LogP contribution is 2.23. The number of hydrogen-bond donors (Lipinski definition) is 1. The van der Waals surface area contributed by atoms with Gasteiger partial charge in [-0.2, -0.15) is 0 Å². The summed E-state index contributed by atoms with van der Waals surface area (Å²) in [5.41, 5.74) is 0. The summed E-state index contributed by atoms with van der Waals surface area (Å²) in [5.74, 6) is 1.07.